The van der Waals surface area contributed by atoms with Gasteiger partial charge < -0.3 is 0 Å². The van der Waals surface area contributed by atoms with Gasteiger partial charge in [-0.25, -0.2) is 0 Å². The van der Waals surface area contributed by atoms with Crippen molar-refractivity contribution in [2.45, 2.75) is 57.9 Å². The molecule has 2 unspecified atom stereocenters. The molecule has 0 bridgehead atoms. The van der Waals surface area contributed by atoms with Gasteiger partial charge in [-0.05, 0) is 44.8 Å². The fraction of sp³-hybridized carbons (Fsp3) is 0.632. The second kappa shape index (κ2) is 6.74. The first-order valence-electron chi connectivity index (χ1n) is 8.31. The molecule has 2 atom stereocenters. The van der Waals surface area contributed by atoms with Crippen LogP contribution in [0.15, 0.2) is 24.3 Å². The lowest BCUT2D eigenvalue weighted by Crippen LogP contribution is -2.53. The molecule has 116 valence electrons. The lowest BCUT2D eigenvalue weighted by molar-refractivity contribution is 0.0486. The van der Waals surface area contributed by atoms with E-state index in [0.717, 1.165) is 37.7 Å². The molecule has 1 aromatic rings. The van der Waals surface area contributed by atoms with Crippen molar-refractivity contribution in [3.05, 3.63) is 35.4 Å². The maximum absolute atomic E-state index is 13.1. The van der Waals surface area contributed by atoms with Crippen molar-refractivity contribution >= 4 is 5.78 Å². The average Bonchev–Trinajstić information content (AvgIpc) is 2.47. The minimum atomic E-state index is -0.302. The summed E-state index contributed by atoms with van der Waals surface area (Å²) in [7, 11) is 4.11. The van der Waals surface area contributed by atoms with E-state index >= 15 is 0 Å². The first-order chi connectivity index (χ1) is 9.99. The topological polar surface area (TPSA) is 20.3 Å². The molecule has 0 amide bonds. The molecule has 2 heteroatoms. The van der Waals surface area contributed by atoms with E-state index in [4.69, 9.17) is 0 Å². The lowest BCUT2D eigenvalue weighted by atomic mass is 9.71. The van der Waals surface area contributed by atoms with Crippen LogP contribution < -0.4 is 0 Å². The van der Waals surface area contributed by atoms with Crippen molar-refractivity contribution in [3.63, 3.8) is 0 Å². The van der Waals surface area contributed by atoms with E-state index in [9.17, 15) is 4.79 Å². The van der Waals surface area contributed by atoms with Crippen LogP contribution in [0.4, 0.5) is 0 Å². The highest BCUT2D eigenvalue weighted by Gasteiger charge is 2.43. The quantitative estimate of drug-likeness (QED) is 0.751. The van der Waals surface area contributed by atoms with Gasteiger partial charge in [-0.2, -0.15) is 0 Å². The molecule has 1 saturated carbocycles. The fourth-order valence-electron chi connectivity index (χ4n) is 3.72. The van der Waals surface area contributed by atoms with E-state index in [2.05, 4.69) is 45.0 Å². The van der Waals surface area contributed by atoms with Crippen LogP contribution in [0, 0.1) is 5.92 Å². The van der Waals surface area contributed by atoms with E-state index in [-0.39, 0.29) is 5.54 Å². The third-order valence-corrected chi connectivity index (χ3v) is 5.01. The van der Waals surface area contributed by atoms with E-state index in [1.54, 1.807) is 0 Å². The number of rotatable bonds is 5. The van der Waals surface area contributed by atoms with E-state index in [1.165, 1.54) is 12.0 Å². The van der Waals surface area contributed by atoms with Gasteiger partial charge in [-0.15, -0.1) is 0 Å². The summed E-state index contributed by atoms with van der Waals surface area (Å²) >= 11 is 0. The zero-order valence-corrected chi connectivity index (χ0v) is 14.0. The Kier molecular flexibility index (Phi) is 5.21. The number of hydrogen-bond donors (Lipinski definition) is 0. The van der Waals surface area contributed by atoms with E-state index in [0.29, 0.717) is 11.7 Å². The molecule has 1 fully saturated rings. The highest BCUT2D eigenvalue weighted by atomic mass is 16.1. The number of ketones is 1. The summed E-state index contributed by atoms with van der Waals surface area (Å²) in [6.07, 6.45) is 6.60. The van der Waals surface area contributed by atoms with Crippen molar-refractivity contribution in [1.82, 2.24) is 4.90 Å². The fourth-order valence-corrected chi connectivity index (χ4v) is 3.72. The molecule has 1 aliphatic carbocycles. The number of carbonyl (C=O) groups is 1. The van der Waals surface area contributed by atoms with Gasteiger partial charge in [0.05, 0.1) is 5.54 Å². The predicted molar refractivity (Wildman–Crippen MR) is 88.8 cm³/mol. The normalized spacial score (nSPS) is 26.0. The van der Waals surface area contributed by atoms with Crippen LogP contribution in [-0.2, 0) is 6.42 Å². The summed E-state index contributed by atoms with van der Waals surface area (Å²) in [5.74, 6) is 0.937. The van der Waals surface area contributed by atoms with Gasteiger partial charge in [0.15, 0.2) is 5.78 Å². The van der Waals surface area contributed by atoms with Gasteiger partial charge in [0.1, 0.15) is 0 Å². The Morgan fingerprint density at radius 3 is 2.48 bits per heavy atom. The molecule has 0 N–H and O–H groups in total. The van der Waals surface area contributed by atoms with Gasteiger partial charge in [-0.3, -0.25) is 9.69 Å². The molecule has 0 spiro atoms. The van der Waals surface area contributed by atoms with Crippen LogP contribution in [0.3, 0.4) is 0 Å². The largest absolute Gasteiger partial charge is 0.297 e. The summed E-state index contributed by atoms with van der Waals surface area (Å²) in [5, 5.41) is 0. The third kappa shape index (κ3) is 3.37. The minimum absolute atomic E-state index is 0.302. The summed E-state index contributed by atoms with van der Waals surface area (Å²) in [5.41, 5.74) is 1.90. The van der Waals surface area contributed by atoms with Crippen molar-refractivity contribution < 1.29 is 4.79 Å². The molecule has 0 radical (unpaired) electrons. The predicted octanol–water partition coefficient (Wildman–Crippen LogP) is 4.33. The second-order valence-corrected chi connectivity index (χ2v) is 6.90. The molecule has 21 heavy (non-hydrogen) atoms. The molecule has 0 aliphatic heterocycles. The average molecular weight is 287 g/mol. The lowest BCUT2D eigenvalue weighted by Gasteiger charge is -2.43. The third-order valence-electron chi connectivity index (χ3n) is 5.01. The summed E-state index contributed by atoms with van der Waals surface area (Å²) in [6.45, 7) is 4.46. The highest BCUT2D eigenvalue weighted by Crippen LogP contribution is 2.38. The van der Waals surface area contributed by atoms with E-state index in [1.807, 2.05) is 12.1 Å². The SMILES string of the molecule is CCCc1ccc(C(=O)C2(N(C)C)CCCC(C)C2)cc1. The van der Waals surface area contributed by atoms with Crippen molar-refractivity contribution in [3.8, 4) is 0 Å². The Bertz CT molecular complexity index is 477. The molecule has 1 aromatic carbocycles. The number of aryl methyl sites for hydroxylation is 1. The van der Waals surface area contributed by atoms with Crippen LogP contribution >= 0.6 is 0 Å². The molecular weight excluding hydrogens is 258 g/mol. The van der Waals surface area contributed by atoms with Gasteiger partial charge in [0.2, 0.25) is 0 Å². The molecular formula is C19H29NO. The number of likely N-dealkylation sites (N-methyl/N-ethyl adjacent to an activating group) is 1. The number of hydrogen-bond acceptors (Lipinski definition) is 2. The van der Waals surface area contributed by atoms with Crippen molar-refractivity contribution in [1.29, 1.82) is 0 Å². The number of nitrogens with zero attached hydrogens (tertiary/aromatic N) is 1. The van der Waals surface area contributed by atoms with Crippen LogP contribution in [0.5, 0.6) is 0 Å². The number of Topliss-reactive ketones (excluding diaryl/α,β-unsaturated/α-hetero) is 1. The maximum Gasteiger partial charge on any atom is 0.183 e. The Labute approximate surface area is 129 Å². The monoisotopic (exact) mass is 287 g/mol. The minimum Gasteiger partial charge on any atom is -0.297 e. The van der Waals surface area contributed by atoms with Gasteiger partial charge in [-0.1, -0.05) is 57.4 Å². The number of carbonyl (C=O) groups excluding carboxylic acids is 1. The summed E-state index contributed by atoms with van der Waals surface area (Å²) in [4.78, 5) is 15.3. The Balaban J connectivity index is 2.26. The van der Waals surface area contributed by atoms with Crippen LogP contribution in [-0.4, -0.2) is 30.3 Å². The smallest absolute Gasteiger partial charge is 0.183 e. The van der Waals surface area contributed by atoms with Crippen LogP contribution in [0.2, 0.25) is 0 Å². The molecule has 0 heterocycles. The molecule has 2 rings (SSSR count). The Morgan fingerprint density at radius 2 is 1.95 bits per heavy atom. The molecule has 2 nitrogen and oxygen atoms in total. The second-order valence-electron chi connectivity index (χ2n) is 6.90. The van der Waals surface area contributed by atoms with Crippen molar-refractivity contribution in [2.75, 3.05) is 14.1 Å². The molecule has 1 aliphatic rings. The number of benzene rings is 1. The first kappa shape index (κ1) is 16.2. The van der Waals surface area contributed by atoms with Crippen LogP contribution in [0.25, 0.3) is 0 Å². The standard InChI is InChI=1S/C19H29NO/c1-5-7-16-9-11-17(12-10-16)18(21)19(20(3)4)13-6-8-15(2)14-19/h9-12,15H,5-8,13-14H2,1-4H3. The summed E-state index contributed by atoms with van der Waals surface area (Å²) < 4.78 is 0. The summed E-state index contributed by atoms with van der Waals surface area (Å²) in [6, 6.07) is 8.29. The van der Waals surface area contributed by atoms with Crippen LogP contribution in [0.1, 0.15) is 61.9 Å². The van der Waals surface area contributed by atoms with Gasteiger partial charge in [0.25, 0.3) is 0 Å². The van der Waals surface area contributed by atoms with Gasteiger partial charge in [0, 0.05) is 5.56 Å². The van der Waals surface area contributed by atoms with Gasteiger partial charge >= 0.3 is 0 Å². The first-order valence-corrected chi connectivity index (χ1v) is 8.31. The van der Waals surface area contributed by atoms with E-state index < -0.39 is 0 Å². The van der Waals surface area contributed by atoms with Crippen molar-refractivity contribution in [2.24, 2.45) is 5.92 Å². The molecule has 0 saturated heterocycles. The highest BCUT2D eigenvalue weighted by molar-refractivity contribution is 6.03. The maximum atomic E-state index is 13.1. The molecule has 0 aromatic heterocycles. The Hall–Kier alpha value is -1.15. The zero-order valence-electron chi connectivity index (χ0n) is 14.0. The Morgan fingerprint density at radius 1 is 1.29 bits per heavy atom. The zero-order chi connectivity index (χ0) is 15.5.